The van der Waals surface area contributed by atoms with Crippen LogP contribution in [0.2, 0.25) is 0 Å². The largest absolute Gasteiger partial charge is 0.481 e. The molecule has 0 unspecified atom stereocenters. The van der Waals surface area contributed by atoms with Crippen molar-refractivity contribution in [3.8, 4) is 5.88 Å². The van der Waals surface area contributed by atoms with Crippen LogP contribution in [0.1, 0.15) is 23.2 Å². The van der Waals surface area contributed by atoms with Crippen LogP contribution in [-0.4, -0.2) is 59.3 Å². The molecule has 0 saturated carbocycles. The predicted octanol–water partition coefficient (Wildman–Crippen LogP) is 1.29. The molecule has 2 aromatic heterocycles. The number of ether oxygens (including phenoxy) is 2. The standard InChI is InChI=1S/C20H23N5O3/c1-27-17-5-9-22-19(24-17)25-11-15-14(16-2-6-20(15,12-25)28-16)10-23-18(26)13-3-7-21-8-4-13/h3-5,7-9,14-16H,2,6,10-12H2,1H3,(H,23,26)/t14-,15+,16+,20+/m0/s1. The van der Waals surface area contributed by atoms with E-state index in [4.69, 9.17) is 9.47 Å². The van der Waals surface area contributed by atoms with E-state index >= 15 is 0 Å². The van der Waals surface area contributed by atoms with Crippen LogP contribution < -0.4 is 15.0 Å². The van der Waals surface area contributed by atoms with E-state index in [1.165, 1.54) is 0 Å². The number of hydrogen-bond acceptors (Lipinski definition) is 7. The first-order valence-corrected chi connectivity index (χ1v) is 9.66. The van der Waals surface area contributed by atoms with E-state index in [9.17, 15) is 4.79 Å². The Bertz CT molecular complexity index is 879. The second-order valence-corrected chi connectivity index (χ2v) is 7.76. The molecular weight excluding hydrogens is 358 g/mol. The molecule has 5 heterocycles. The van der Waals surface area contributed by atoms with Crippen LogP contribution >= 0.6 is 0 Å². The predicted molar refractivity (Wildman–Crippen MR) is 101 cm³/mol. The molecule has 1 amide bonds. The lowest BCUT2D eigenvalue weighted by molar-refractivity contribution is 0.0141. The van der Waals surface area contributed by atoms with Gasteiger partial charge in [-0.3, -0.25) is 9.78 Å². The monoisotopic (exact) mass is 381 g/mol. The van der Waals surface area contributed by atoms with E-state index in [1.807, 2.05) is 0 Å². The summed E-state index contributed by atoms with van der Waals surface area (Å²) in [6.07, 6.45) is 7.30. The van der Waals surface area contributed by atoms with Gasteiger partial charge < -0.3 is 19.7 Å². The van der Waals surface area contributed by atoms with Crippen LogP contribution in [0.4, 0.5) is 5.95 Å². The molecule has 0 radical (unpaired) electrons. The highest BCUT2D eigenvalue weighted by Gasteiger charge is 2.63. The maximum absolute atomic E-state index is 12.4. The Morgan fingerprint density at radius 1 is 1.36 bits per heavy atom. The molecule has 4 atom stereocenters. The van der Waals surface area contributed by atoms with E-state index in [0.717, 1.165) is 25.9 Å². The first-order chi connectivity index (χ1) is 13.7. The van der Waals surface area contributed by atoms with Gasteiger partial charge in [-0.25, -0.2) is 4.98 Å². The number of rotatable bonds is 5. The number of hydrogen-bond donors (Lipinski definition) is 1. The van der Waals surface area contributed by atoms with Crippen LogP contribution in [-0.2, 0) is 4.74 Å². The zero-order chi connectivity index (χ0) is 19.1. The number of nitrogens with zero attached hydrogens (tertiary/aromatic N) is 4. The Morgan fingerprint density at radius 2 is 2.21 bits per heavy atom. The molecule has 0 aromatic carbocycles. The fourth-order valence-corrected chi connectivity index (χ4v) is 5.03. The van der Waals surface area contributed by atoms with Gasteiger partial charge >= 0.3 is 0 Å². The van der Waals surface area contributed by atoms with Gasteiger partial charge in [0, 0.05) is 55.1 Å². The van der Waals surface area contributed by atoms with E-state index in [2.05, 4.69) is 25.2 Å². The minimum absolute atomic E-state index is 0.0646. The normalized spacial score (nSPS) is 30.3. The Labute approximate surface area is 163 Å². The summed E-state index contributed by atoms with van der Waals surface area (Å²) in [6, 6.07) is 5.20. The van der Waals surface area contributed by atoms with Gasteiger partial charge in [-0.2, -0.15) is 4.98 Å². The van der Waals surface area contributed by atoms with Crippen molar-refractivity contribution in [2.45, 2.75) is 24.5 Å². The molecule has 3 aliphatic heterocycles. The van der Waals surface area contributed by atoms with Crippen LogP contribution in [0.5, 0.6) is 5.88 Å². The summed E-state index contributed by atoms with van der Waals surface area (Å²) in [5, 5.41) is 3.09. The number of carbonyl (C=O) groups is 1. The number of amides is 1. The van der Waals surface area contributed by atoms with Gasteiger partial charge in [0.05, 0.1) is 25.4 Å². The number of methoxy groups -OCH3 is 1. The maximum atomic E-state index is 12.4. The second kappa shape index (κ2) is 6.70. The second-order valence-electron chi connectivity index (χ2n) is 7.76. The van der Waals surface area contributed by atoms with Gasteiger partial charge in [-0.05, 0) is 25.0 Å². The number of nitrogens with one attached hydrogen (secondary N) is 1. The lowest BCUT2D eigenvalue weighted by Gasteiger charge is -2.29. The van der Waals surface area contributed by atoms with Crippen molar-refractivity contribution in [2.24, 2.45) is 11.8 Å². The minimum Gasteiger partial charge on any atom is -0.481 e. The molecule has 2 bridgehead atoms. The summed E-state index contributed by atoms with van der Waals surface area (Å²) in [7, 11) is 1.61. The zero-order valence-corrected chi connectivity index (χ0v) is 15.7. The maximum Gasteiger partial charge on any atom is 0.251 e. The summed E-state index contributed by atoms with van der Waals surface area (Å²) in [6.45, 7) is 2.24. The van der Waals surface area contributed by atoms with Gasteiger partial charge in [0.1, 0.15) is 0 Å². The van der Waals surface area contributed by atoms with Crippen molar-refractivity contribution in [3.05, 3.63) is 42.4 Å². The van der Waals surface area contributed by atoms with E-state index < -0.39 is 0 Å². The molecular formula is C20H23N5O3. The molecule has 146 valence electrons. The Morgan fingerprint density at radius 3 is 3.04 bits per heavy atom. The molecule has 1 N–H and O–H groups in total. The Balaban J connectivity index is 1.30. The molecule has 5 rings (SSSR count). The molecule has 3 saturated heterocycles. The van der Waals surface area contributed by atoms with Crippen LogP contribution in [0.25, 0.3) is 0 Å². The quantitative estimate of drug-likeness (QED) is 0.835. The number of carbonyl (C=O) groups excluding carboxylic acids is 1. The van der Waals surface area contributed by atoms with E-state index in [1.54, 1.807) is 43.9 Å². The highest BCUT2D eigenvalue weighted by atomic mass is 16.5. The van der Waals surface area contributed by atoms with Crippen molar-refractivity contribution in [1.82, 2.24) is 20.3 Å². The molecule has 3 fully saturated rings. The van der Waals surface area contributed by atoms with Gasteiger partial charge in [0.15, 0.2) is 0 Å². The highest BCUT2D eigenvalue weighted by molar-refractivity contribution is 5.93. The van der Waals surface area contributed by atoms with E-state index in [0.29, 0.717) is 35.8 Å². The topological polar surface area (TPSA) is 89.5 Å². The summed E-state index contributed by atoms with van der Waals surface area (Å²) in [5.41, 5.74) is 0.481. The Kier molecular flexibility index (Phi) is 4.16. The first kappa shape index (κ1) is 17.4. The highest BCUT2D eigenvalue weighted by Crippen LogP contribution is 2.55. The van der Waals surface area contributed by atoms with Crippen molar-refractivity contribution in [3.63, 3.8) is 0 Å². The molecule has 2 aromatic rings. The first-order valence-electron chi connectivity index (χ1n) is 9.66. The molecule has 8 heteroatoms. The SMILES string of the molecule is COc1ccnc(N2C[C@@H]3[C@H](CNC(=O)c4ccncc4)[C@H]4CC[C@]3(C2)O4)n1. The molecule has 28 heavy (non-hydrogen) atoms. The van der Waals surface area contributed by atoms with Crippen molar-refractivity contribution in [2.75, 3.05) is 31.6 Å². The van der Waals surface area contributed by atoms with Crippen LogP contribution in [0.15, 0.2) is 36.8 Å². The van der Waals surface area contributed by atoms with Crippen LogP contribution in [0.3, 0.4) is 0 Å². The molecule has 3 aliphatic rings. The third-order valence-corrected chi connectivity index (χ3v) is 6.33. The average Bonchev–Trinajstić information content (AvgIpc) is 3.41. The van der Waals surface area contributed by atoms with Crippen LogP contribution in [0, 0.1) is 11.8 Å². The van der Waals surface area contributed by atoms with Gasteiger partial charge in [-0.15, -0.1) is 0 Å². The lowest BCUT2D eigenvalue weighted by Crippen LogP contribution is -2.41. The summed E-state index contributed by atoms with van der Waals surface area (Å²) in [4.78, 5) is 27.5. The van der Waals surface area contributed by atoms with Crippen molar-refractivity contribution in [1.29, 1.82) is 0 Å². The summed E-state index contributed by atoms with van der Waals surface area (Å²) >= 11 is 0. The smallest absolute Gasteiger partial charge is 0.251 e. The number of fused-ring (bicyclic) bond motifs is 1. The number of pyridine rings is 1. The van der Waals surface area contributed by atoms with Gasteiger partial charge in [0.2, 0.25) is 11.8 Å². The fraction of sp³-hybridized carbons (Fsp3) is 0.500. The van der Waals surface area contributed by atoms with Gasteiger partial charge in [-0.1, -0.05) is 0 Å². The summed E-state index contributed by atoms with van der Waals surface area (Å²) < 4.78 is 11.7. The molecule has 8 nitrogen and oxygen atoms in total. The van der Waals surface area contributed by atoms with Crippen molar-refractivity contribution >= 4 is 11.9 Å². The zero-order valence-electron chi connectivity index (χ0n) is 15.7. The lowest BCUT2D eigenvalue weighted by atomic mass is 9.73. The van der Waals surface area contributed by atoms with E-state index in [-0.39, 0.29) is 17.6 Å². The third-order valence-electron chi connectivity index (χ3n) is 6.33. The molecule has 0 aliphatic carbocycles. The van der Waals surface area contributed by atoms with Gasteiger partial charge in [0.25, 0.3) is 5.91 Å². The number of aromatic nitrogens is 3. The number of anilines is 1. The minimum atomic E-state index is -0.150. The van der Waals surface area contributed by atoms with Crippen molar-refractivity contribution < 1.29 is 14.3 Å². The molecule has 1 spiro atoms. The fourth-order valence-electron chi connectivity index (χ4n) is 5.03. The summed E-state index contributed by atoms with van der Waals surface area (Å²) in [5.74, 6) is 1.83. The third kappa shape index (κ3) is 2.79. The average molecular weight is 381 g/mol. The Hall–Kier alpha value is -2.74.